The molecule has 2 unspecified atom stereocenters. The van der Waals surface area contributed by atoms with Gasteiger partial charge in [0.1, 0.15) is 6.10 Å². The zero-order chi connectivity index (χ0) is 44.0. The van der Waals surface area contributed by atoms with Crippen LogP contribution in [-0.4, -0.2) is 102 Å². The van der Waals surface area contributed by atoms with E-state index >= 15 is 0 Å². The Bertz CT molecular complexity index is 1120. The Balaban J connectivity index is 2.73. The first-order valence-electron chi connectivity index (χ1n) is 23.7. The van der Waals surface area contributed by atoms with Gasteiger partial charge in [-0.3, -0.25) is 14.4 Å². The maximum absolute atomic E-state index is 13.2. The van der Waals surface area contributed by atoms with Crippen LogP contribution in [0.3, 0.4) is 0 Å². The van der Waals surface area contributed by atoms with Crippen molar-refractivity contribution in [3.8, 4) is 0 Å². The van der Waals surface area contributed by atoms with Gasteiger partial charge in [-0.1, -0.05) is 194 Å². The quantitative estimate of drug-likeness (QED) is 0.0180. The lowest BCUT2D eigenvalue weighted by molar-refractivity contribution is -0.506. The van der Waals surface area contributed by atoms with Crippen molar-refractivity contribution in [1.29, 1.82) is 0 Å². The summed E-state index contributed by atoms with van der Waals surface area (Å²) in [5.41, 5.74) is -3.52. The summed E-state index contributed by atoms with van der Waals surface area (Å²) in [4.78, 5) is 39.4. The lowest BCUT2D eigenvalue weighted by Crippen LogP contribution is -2.87. The van der Waals surface area contributed by atoms with Gasteiger partial charge in [0.15, 0.2) is 11.7 Å². The number of ether oxygens (including phenoxy) is 3. The predicted octanol–water partition coefficient (Wildman–Crippen LogP) is 7.73. The summed E-state index contributed by atoms with van der Waals surface area (Å²) in [5, 5.41) is 76.4. The zero-order valence-electron chi connectivity index (χ0n) is 37.3. The number of ketones is 1. The normalized spacial score (nSPS) is 24.9. The summed E-state index contributed by atoms with van der Waals surface area (Å²) >= 11 is 0. The molecule has 13 nitrogen and oxygen atoms in total. The molecule has 7 N–H and O–H groups in total. The maximum atomic E-state index is 13.2. The number of esters is 2. The third-order valence-electron chi connectivity index (χ3n) is 12.0. The van der Waals surface area contributed by atoms with E-state index in [0.29, 0.717) is 32.6 Å². The molecular formula is C46H86O13. The average molecular weight is 847 g/mol. The van der Waals surface area contributed by atoms with Gasteiger partial charge in [-0.25, -0.2) is 0 Å². The van der Waals surface area contributed by atoms with E-state index in [1.54, 1.807) is 0 Å². The van der Waals surface area contributed by atoms with E-state index in [1.165, 1.54) is 116 Å². The van der Waals surface area contributed by atoms with E-state index in [0.717, 1.165) is 51.4 Å². The van der Waals surface area contributed by atoms with Crippen molar-refractivity contribution in [2.24, 2.45) is 0 Å². The first-order valence-corrected chi connectivity index (χ1v) is 23.7. The zero-order valence-corrected chi connectivity index (χ0v) is 37.3. The standard InChI is InChI=1S/C46H86O13/c1-4-6-8-10-12-14-16-18-20-22-24-26-28-30-32-34-40(50)58-44(54)39(37-48)57-45(55,42(52)38(49)36-47)43(3,53)46(44,56)59-41(51)35-33-31-29-27-25-23-21-19-17-15-13-11-9-7-5-2/h38-39,47-49,53-56H,4-37H2,1-3H3/t38?,39-,43+,44+,45?,46+/m1/s1. The molecule has 0 radical (unpaired) electrons. The molecule has 1 heterocycles. The Hall–Kier alpha value is -1.71. The van der Waals surface area contributed by atoms with Gasteiger partial charge in [0, 0.05) is 12.8 Å². The van der Waals surface area contributed by atoms with Crippen molar-refractivity contribution in [1.82, 2.24) is 0 Å². The van der Waals surface area contributed by atoms with Crippen LogP contribution >= 0.6 is 0 Å². The number of unbranched alkanes of at least 4 members (excludes halogenated alkanes) is 28. The van der Waals surface area contributed by atoms with Crippen molar-refractivity contribution in [3.05, 3.63) is 0 Å². The first kappa shape index (κ1) is 55.3. The molecule has 348 valence electrons. The van der Waals surface area contributed by atoms with Crippen LogP contribution in [-0.2, 0) is 28.6 Å². The summed E-state index contributed by atoms with van der Waals surface area (Å²) in [6, 6.07) is 0. The molecule has 0 spiro atoms. The molecule has 0 aromatic heterocycles. The van der Waals surface area contributed by atoms with Crippen LogP contribution in [0.5, 0.6) is 0 Å². The number of Topliss-reactive ketones (excluding diaryl/α,β-unsaturated/α-hetero) is 1. The van der Waals surface area contributed by atoms with E-state index in [-0.39, 0.29) is 12.8 Å². The molecule has 0 aliphatic carbocycles. The molecule has 1 aliphatic heterocycles. The lowest BCUT2D eigenvalue weighted by Gasteiger charge is -2.59. The minimum atomic E-state index is -3.80. The molecule has 1 aliphatic rings. The first-order chi connectivity index (χ1) is 28.2. The van der Waals surface area contributed by atoms with Crippen molar-refractivity contribution < 1.29 is 64.3 Å². The number of aliphatic hydroxyl groups is 7. The van der Waals surface area contributed by atoms with E-state index in [1.807, 2.05) is 0 Å². The average Bonchev–Trinajstić information content (AvgIpc) is 3.21. The Morgan fingerprint density at radius 2 is 0.831 bits per heavy atom. The Kier molecular flexibility index (Phi) is 29.2. The topological polar surface area (TPSA) is 221 Å². The summed E-state index contributed by atoms with van der Waals surface area (Å²) in [6.07, 6.45) is 27.8. The van der Waals surface area contributed by atoms with Gasteiger partial charge < -0.3 is 50.0 Å². The molecule has 59 heavy (non-hydrogen) atoms. The predicted molar refractivity (Wildman–Crippen MR) is 227 cm³/mol. The fourth-order valence-corrected chi connectivity index (χ4v) is 7.99. The third kappa shape index (κ3) is 18.7. The fourth-order valence-electron chi connectivity index (χ4n) is 7.99. The molecule has 0 aromatic carbocycles. The smallest absolute Gasteiger partial charge is 0.314 e. The maximum Gasteiger partial charge on any atom is 0.314 e. The van der Waals surface area contributed by atoms with Gasteiger partial charge in [0.25, 0.3) is 5.79 Å². The molecule has 1 saturated heterocycles. The highest BCUT2D eigenvalue weighted by Gasteiger charge is 2.82. The van der Waals surface area contributed by atoms with Gasteiger partial charge in [-0.15, -0.1) is 0 Å². The summed E-state index contributed by atoms with van der Waals surface area (Å²) in [6.45, 7) is 2.47. The second kappa shape index (κ2) is 31.2. The van der Waals surface area contributed by atoms with Crippen molar-refractivity contribution >= 4 is 17.7 Å². The summed E-state index contributed by atoms with van der Waals surface area (Å²) in [7, 11) is 0. The van der Waals surface area contributed by atoms with Gasteiger partial charge >= 0.3 is 23.5 Å². The van der Waals surface area contributed by atoms with Crippen LogP contribution in [0.1, 0.15) is 226 Å². The second-order valence-electron chi connectivity index (χ2n) is 17.3. The largest absolute Gasteiger partial charge is 0.423 e. The number of aliphatic hydroxyl groups excluding tert-OH is 3. The Morgan fingerprint density at radius 3 is 1.14 bits per heavy atom. The van der Waals surface area contributed by atoms with Gasteiger partial charge in [0.05, 0.1) is 13.2 Å². The van der Waals surface area contributed by atoms with Gasteiger partial charge in [-0.2, -0.15) is 0 Å². The summed E-state index contributed by atoms with van der Waals surface area (Å²) < 4.78 is 15.7. The Morgan fingerprint density at radius 1 is 0.525 bits per heavy atom. The van der Waals surface area contributed by atoms with E-state index in [9.17, 15) is 50.1 Å². The number of hydrogen-bond donors (Lipinski definition) is 7. The van der Waals surface area contributed by atoms with Crippen molar-refractivity contribution in [3.63, 3.8) is 0 Å². The molecule has 0 aromatic rings. The highest BCUT2D eigenvalue weighted by atomic mass is 16.8. The van der Waals surface area contributed by atoms with Gasteiger partial charge in [0.2, 0.25) is 5.78 Å². The molecule has 1 rings (SSSR count). The highest BCUT2D eigenvalue weighted by Crippen LogP contribution is 2.51. The van der Waals surface area contributed by atoms with E-state index in [2.05, 4.69) is 13.8 Å². The lowest BCUT2D eigenvalue weighted by atomic mass is 9.73. The van der Waals surface area contributed by atoms with E-state index < -0.39 is 66.1 Å². The molecule has 13 heteroatoms. The molecule has 6 atom stereocenters. The van der Waals surface area contributed by atoms with Crippen molar-refractivity contribution in [2.75, 3.05) is 13.2 Å². The second-order valence-corrected chi connectivity index (χ2v) is 17.3. The number of carbonyl (C=O) groups excluding carboxylic acids is 3. The summed E-state index contributed by atoms with van der Waals surface area (Å²) in [5.74, 6) is -15.0. The molecule has 0 saturated carbocycles. The molecular weight excluding hydrogens is 760 g/mol. The SMILES string of the molecule is CCCCCCCCCCCCCCCCCC(=O)O[C@]1(O)[C@@](O)(OC(=O)CCCCCCCCCCCCCCCCC)[C@@H](CO)OC(O)(C(=O)C(O)CO)[C@]1(C)O. The van der Waals surface area contributed by atoms with Crippen LogP contribution in [0, 0.1) is 0 Å². The van der Waals surface area contributed by atoms with Crippen molar-refractivity contribution in [2.45, 2.75) is 261 Å². The number of carbonyl (C=O) groups is 3. The molecule has 0 bridgehead atoms. The van der Waals surface area contributed by atoms with Crippen LogP contribution in [0.25, 0.3) is 0 Å². The van der Waals surface area contributed by atoms with Gasteiger partial charge in [-0.05, 0) is 19.8 Å². The monoisotopic (exact) mass is 847 g/mol. The fraction of sp³-hybridized carbons (Fsp3) is 0.935. The minimum Gasteiger partial charge on any atom is -0.423 e. The third-order valence-corrected chi connectivity index (χ3v) is 12.0. The number of hydrogen-bond acceptors (Lipinski definition) is 13. The van der Waals surface area contributed by atoms with Crippen LogP contribution in [0.15, 0.2) is 0 Å². The molecule has 1 fully saturated rings. The Labute approximate surface area is 356 Å². The van der Waals surface area contributed by atoms with Crippen LogP contribution in [0.2, 0.25) is 0 Å². The van der Waals surface area contributed by atoms with E-state index in [4.69, 9.17) is 14.2 Å². The highest BCUT2D eigenvalue weighted by molar-refractivity contribution is 5.91. The van der Waals surface area contributed by atoms with Crippen LogP contribution < -0.4 is 0 Å². The molecule has 0 amide bonds. The number of rotatable bonds is 38. The van der Waals surface area contributed by atoms with Crippen LogP contribution in [0.4, 0.5) is 0 Å². The minimum absolute atomic E-state index is 0.254.